The fourth-order valence-corrected chi connectivity index (χ4v) is 6.25. The Balaban J connectivity index is 1.92. The number of nitrogens with zero attached hydrogens (tertiary/aromatic N) is 1. The Morgan fingerprint density at radius 3 is 3.15 bits per heavy atom. The molecule has 0 amide bonds. The van der Waals surface area contributed by atoms with Gasteiger partial charge in [0.15, 0.2) is 0 Å². The van der Waals surface area contributed by atoms with Crippen molar-refractivity contribution in [1.82, 2.24) is 9.62 Å². The molecule has 1 N–H and O–H groups in total. The highest BCUT2D eigenvalue weighted by atomic mass is 32.2. The molecule has 0 radical (unpaired) electrons. The summed E-state index contributed by atoms with van der Waals surface area (Å²) in [6.07, 6.45) is 3.03. The zero-order valence-corrected chi connectivity index (χ0v) is 13.2. The average molecular weight is 316 g/mol. The number of sulfonamides is 1. The summed E-state index contributed by atoms with van der Waals surface area (Å²) in [5, 5.41) is 4.89. The van der Waals surface area contributed by atoms with E-state index in [0.717, 1.165) is 24.1 Å². The molecule has 1 aromatic heterocycles. The Kier molecular flexibility index (Phi) is 4.14. The summed E-state index contributed by atoms with van der Waals surface area (Å²) >= 11 is 1.49. The summed E-state index contributed by atoms with van der Waals surface area (Å²) in [6.45, 7) is 1.56. The van der Waals surface area contributed by atoms with E-state index in [1.165, 1.54) is 11.3 Å². The molecule has 1 saturated carbocycles. The van der Waals surface area contributed by atoms with Gasteiger partial charge in [0.25, 0.3) is 0 Å². The number of nitrogens with one attached hydrogen (secondary N) is 1. The van der Waals surface area contributed by atoms with Crippen LogP contribution in [0.1, 0.15) is 24.1 Å². The van der Waals surface area contributed by atoms with E-state index >= 15 is 0 Å². The summed E-state index contributed by atoms with van der Waals surface area (Å²) in [7, 11) is -1.57. The second kappa shape index (κ2) is 5.73. The van der Waals surface area contributed by atoms with Gasteiger partial charge in [-0.3, -0.25) is 0 Å². The number of hydrogen-bond donors (Lipinski definition) is 1. The Bertz CT molecular complexity index is 570. The predicted octanol–water partition coefficient (Wildman–Crippen LogP) is 1.41. The van der Waals surface area contributed by atoms with Crippen molar-refractivity contribution in [2.75, 3.05) is 20.2 Å². The van der Waals surface area contributed by atoms with Gasteiger partial charge in [-0.1, -0.05) is 0 Å². The number of fused-ring (bicyclic) bond motifs is 1. The normalized spacial score (nSPS) is 27.6. The smallest absolute Gasteiger partial charge is 0.244 e. The van der Waals surface area contributed by atoms with Gasteiger partial charge in [0.05, 0.1) is 23.6 Å². The third kappa shape index (κ3) is 2.42. The van der Waals surface area contributed by atoms with Crippen LogP contribution in [-0.4, -0.2) is 45.1 Å². The maximum Gasteiger partial charge on any atom is 0.244 e. The van der Waals surface area contributed by atoms with Gasteiger partial charge in [-0.2, -0.15) is 4.31 Å². The lowest BCUT2D eigenvalue weighted by Crippen LogP contribution is -2.51. The van der Waals surface area contributed by atoms with Crippen molar-refractivity contribution in [2.45, 2.75) is 42.8 Å². The first kappa shape index (κ1) is 14.5. The van der Waals surface area contributed by atoms with Gasteiger partial charge in [0.1, 0.15) is 0 Å². The monoisotopic (exact) mass is 316 g/mol. The van der Waals surface area contributed by atoms with E-state index in [1.807, 2.05) is 12.4 Å². The molecule has 1 aromatic rings. The molecule has 2 fully saturated rings. The molecule has 1 aliphatic heterocycles. The quantitative estimate of drug-likeness (QED) is 0.912. The van der Waals surface area contributed by atoms with Crippen LogP contribution in [0, 0.1) is 0 Å². The number of rotatable bonds is 4. The lowest BCUT2D eigenvalue weighted by atomic mass is 10.2. The highest BCUT2D eigenvalue weighted by molar-refractivity contribution is 7.89. The molecule has 2 unspecified atom stereocenters. The van der Waals surface area contributed by atoms with Crippen LogP contribution in [0.5, 0.6) is 0 Å². The number of morpholine rings is 1. The Morgan fingerprint density at radius 1 is 1.50 bits per heavy atom. The van der Waals surface area contributed by atoms with E-state index in [9.17, 15) is 8.42 Å². The molecule has 2 aliphatic rings. The van der Waals surface area contributed by atoms with Crippen LogP contribution in [0.3, 0.4) is 0 Å². The molecular weight excluding hydrogens is 296 g/mol. The van der Waals surface area contributed by atoms with E-state index in [-0.39, 0.29) is 12.1 Å². The molecule has 5 nitrogen and oxygen atoms in total. The number of thiophene rings is 1. The molecule has 2 atom stereocenters. The highest BCUT2D eigenvalue weighted by Gasteiger charge is 2.42. The van der Waals surface area contributed by atoms with Gasteiger partial charge in [0, 0.05) is 18.0 Å². The molecule has 1 saturated heterocycles. The molecule has 2 heterocycles. The van der Waals surface area contributed by atoms with E-state index in [2.05, 4.69) is 5.32 Å². The van der Waals surface area contributed by atoms with Gasteiger partial charge in [-0.15, -0.1) is 11.3 Å². The van der Waals surface area contributed by atoms with Crippen LogP contribution in [-0.2, 0) is 21.3 Å². The van der Waals surface area contributed by atoms with Crippen LogP contribution in [0.4, 0.5) is 0 Å². The van der Waals surface area contributed by atoms with Crippen molar-refractivity contribution >= 4 is 21.4 Å². The number of hydrogen-bond acceptors (Lipinski definition) is 5. The van der Waals surface area contributed by atoms with Crippen LogP contribution >= 0.6 is 11.3 Å². The van der Waals surface area contributed by atoms with E-state index < -0.39 is 10.0 Å². The Labute approximate surface area is 124 Å². The minimum atomic E-state index is -3.40. The third-order valence-corrected chi connectivity index (χ3v) is 7.12. The predicted molar refractivity (Wildman–Crippen MR) is 78.4 cm³/mol. The SMILES string of the molecule is CNCc1sccc1S(=O)(=O)N1CCOC2CCCC21. The van der Waals surface area contributed by atoms with Gasteiger partial charge >= 0.3 is 0 Å². The van der Waals surface area contributed by atoms with Gasteiger partial charge < -0.3 is 10.1 Å². The first-order chi connectivity index (χ1) is 9.64. The summed E-state index contributed by atoms with van der Waals surface area (Å²) < 4.78 is 33.3. The second-order valence-electron chi connectivity index (χ2n) is 5.26. The van der Waals surface area contributed by atoms with Crippen molar-refractivity contribution in [3.63, 3.8) is 0 Å². The zero-order chi connectivity index (χ0) is 14.2. The molecule has 1 aliphatic carbocycles. The molecule has 20 heavy (non-hydrogen) atoms. The van der Waals surface area contributed by atoms with Gasteiger partial charge in [-0.05, 0) is 37.8 Å². The fourth-order valence-electron chi connectivity index (χ4n) is 3.16. The molecule has 112 valence electrons. The summed E-state index contributed by atoms with van der Waals surface area (Å²) in [5.74, 6) is 0. The Morgan fingerprint density at radius 2 is 2.35 bits per heavy atom. The molecule has 3 rings (SSSR count). The third-order valence-electron chi connectivity index (χ3n) is 4.06. The standard InChI is InChI=1S/C13H20N2O3S2/c1-14-9-12-13(5-8-19-12)20(16,17)15-6-7-18-11-4-2-3-10(11)15/h5,8,10-11,14H,2-4,6-7,9H2,1H3. The minimum Gasteiger partial charge on any atom is -0.375 e. The van der Waals surface area contributed by atoms with Crippen molar-refractivity contribution < 1.29 is 13.2 Å². The van der Waals surface area contributed by atoms with E-state index in [0.29, 0.717) is 24.6 Å². The summed E-state index contributed by atoms with van der Waals surface area (Å²) in [4.78, 5) is 1.35. The van der Waals surface area contributed by atoms with Crippen molar-refractivity contribution in [1.29, 1.82) is 0 Å². The maximum atomic E-state index is 12.9. The first-order valence-corrected chi connectivity index (χ1v) is 9.31. The molecule has 0 aromatic carbocycles. The largest absolute Gasteiger partial charge is 0.375 e. The van der Waals surface area contributed by atoms with Crippen molar-refractivity contribution in [2.24, 2.45) is 0 Å². The molecule has 0 spiro atoms. The van der Waals surface area contributed by atoms with Crippen LogP contribution in [0.25, 0.3) is 0 Å². The van der Waals surface area contributed by atoms with Crippen LogP contribution in [0.2, 0.25) is 0 Å². The van der Waals surface area contributed by atoms with E-state index in [4.69, 9.17) is 4.74 Å². The average Bonchev–Trinajstić information content (AvgIpc) is 3.06. The summed E-state index contributed by atoms with van der Waals surface area (Å²) in [5.41, 5.74) is 0. The second-order valence-corrected chi connectivity index (χ2v) is 8.12. The minimum absolute atomic E-state index is 0.0242. The topological polar surface area (TPSA) is 58.6 Å². The molecular formula is C13H20N2O3S2. The fraction of sp³-hybridized carbons (Fsp3) is 0.692. The van der Waals surface area contributed by atoms with E-state index in [1.54, 1.807) is 10.4 Å². The lowest BCUT2D eigenvalue weighted by Gasteiger charge is -2.36. The van der Waals surface area contributed by atoms with Crippen molar-refractivity contribution in [3.05, 3.63) is 16.3 Å². The lowest BCUT2D eigenvalue weighted by molar-refractivity contribution is -0.0241. The Hall–Kier alpha value is -0.470. The first-order valence-electron chi connectivity index (χ1n) is 6.99. The van der Waals surface area contributed by atoms with Gasteiger partial charge in [0.2, 0.25) is 10.0 Å². The maximum absolute atomic E-state index is 12.9. The van der Waals surface area contributed by atoms with Gasteiger partial charge in [-0.25, -0.2) is 8.42 Å². The summed E-state index contributed by atoms with van der Waals surface area (Å²) in [6, 6.07) is 1.75. The molecule has 7 heteroatoms. The number of ether oxygens (including phenoxy) is 1. The zero-order valence-electron chi connectivity index (χ0n) is 11.5. The van der Waals surface area contributed by atoms with Crippen molar-refractivity contribution in [3.8, 4) is 0 Å². The van der Waals surface area contributed by atoms with Crippen LogP contribution in [0.15, 0.2) is 16.3 Å². The van der Waals surface area contributed by atoms with Crippen LogP contribution < -0.4 is 5.32 Å². The molecule has 0 bridgehead atoms. The highest BCUT2D eigenvalue weighted by Crippen LogP contribution is 2.35.